The average Bonchev–Trinajstić information content (AvgIpc) is 3.14. The van der Waals surface area contributed by atoms with Crippen LogP contribution in [0.25, 0.3) is 0 Å². The maximum absolute atomic E-state index is 2.80. The van der Waals surface area contributed by atoms with E-state index in [-0.39, 0.29) is 0 Å². The molecule has 0 N–H and O–H groups in total. The van der Waals surface area contributed by atoms with Gasteiger partial charge in [0.15, 0.2) is 0 Å². The van der Waals surface area contributed by atoms with Gasteiger partial charge < -0.3 is 0 Å². The zero-order chi connectivity index (χ0) is 32.6. The third-order valence-electron chi connectivity index (χ3n) is 10.1. The zero-order valence-electron chi connectivity index (χ0n) is 27.9. The third kappa shape index (κ3) is 7.31. The summed E-state index contributed by atoms with van der Waals surface area (Å²) in [6.07, 6.45) is 0. The molecule has 6 aromatic rings. The Balaban J connectivity index is 1.60. The van der Waals surface area contributed by atoms with Crippen molar-refractivity contribution in [1.82, 2.24) is 0 Å². The normalized spacial score (nSPS) is 14.9. The van der Waals surface area contributed by atoms with Crippen LogP contribution in [-0.4, -0.2) is 23.9 Å². The largest absolute Gasteiger partial charge is 0.0737 e. The van der Waals surface area contributed by atoms with E-state index in [9.17, 15) is 0 Å². The van der Waals surface area contributed by atoms with Crippen molar-refractivity contribution in [2.75, 3.05) is 0 Å². The molecule has 0 aliphatic heterocycles. The minimum absolute atomic E-state index is 0.530. The molecule has 0 aliphatic carbocycles. The van der Waals surface area contributed by atoms with Gasteiger partial charge in [-0.05, 0) is 71.4 Å². The average molecular weight is 683 g/mol. The molecule has 0 nitrogen and oxygen atoms in total. The smallest absolute Gasteiger partial charge is 0.0677 e. The molecule has 3 unspecified atom stereocenters. The Hall–Kier alpha value is -3.17. The van der Waals surface area contributed by atoms with Crippen LogP contribution in [0.1, 0.15) is 20.8 Å². The van der Waals surface area contributed by atoms with Crippen molar-refractivity contribution in [3.05, 3.63) is 182 Å². The Labute approximate surface area is 287 Å². The quantitative estimate of drug-likeness (QED) is 0.0892. The maximum Gasteiger partial charge on any atom is 0.0737 e. The fourth-order valence-electron chi connectivity index (χ4n) is 7.20. The van der Waals surface area contributed by atoms with Crippen LogP contribution >= 0.6 is 23.8 Å². The summed E-state index contributed by atoms with van der Waals surface area (Å²) >= 11 is 0. The van der Waals surface area contributed by atoms with Gasteiger partial charge in [0.2, 0.25) is 0 Å². The van der Waals surface area contributed by atoms with Crippen molar-refractivity contribution in [2.24, 2.45) is 0 Å². The first-order chi connectivity index (χ1) is 23.0. The van der Waals surface area contributed by atoms with E-state index in [2.05, 4.69) is 209 Å². The van der Waals surface area contributed by atoms with Gasteiger partial charge in [-0.3, -0.25) is 0 Å². The van der Waals surface area contributed by atoms with Crippen LogP contribution in [0.3, 0.4) is 0 Å². The Bertz CT molecular complexity index is 1450. The first-order valence-corrected chi connectivity index (χ1v) is 23.6. The van der Waals surface area contributed by atoms with E-state index >= 15 is 0 Å². The van der Waals surface area contributed by atoms with E-state index in [1.807, 2.05) is 0 Å². The molecule has 0 aliphatic rings. The second-order valence-corrected chi connectivity index (χ2v) is 26.9. The first kappa shape index (κ1) is 33.7. The number of rotatable bonds is 12. The van der Waals surface area contributed by atoms with E-state index < -0.39 is 31.8 Å². The summed E-state index contributed by atoms with van der Waals surface area (Å²) in [5, 5.41) is 10.5. The van der Waals surface area contributed by atoms with Crippen molar-refractivity contribution in [2.45, 2.75) is 43.2 Å². The second-order valence-electron chi connectivity index (χ2n) is 12.5. The van der Waals surface area contributed by atoms with E-state index in [1.54, 1.807) is 0 Å². The van der Waals surface area contributed by atoms with Crippen LogP contribution in [-0.2, 0) is 0 Å². The fraction of sp³-hybridized carbons (Fsp3) is 0.163. The van der Waals surface area contributed by atoms with Crippen LogP contribution in [0.2, 0.25) is 6.55 Å². The Morgan fingerprint density at radius 3 is 0.596 bits per heavy atom. The van der Waals surface area contributed by atoms with Crippen molar-refractivity contribution in [1.29, 1.82) is 0 Å². The third-order valence-corrected chi connectivity index (χ3v) is 30.3. The molecule has 6 rings (SSSR count). The molecule has 4 heteroatoms. The Kier molecular flexibility index (Phi) is 11.3. The van der Waals surface area contributed by atoms with Gasteiger partial charge in [0, 0.05) is 0 Å². The zero-order valence-corrected chi connectivity index (χ0v) is 31.6. The number of hydrogen-bond donors (Lipinski definition) is 0. The molecule has 0 spiro atoms. The standard InChI is InChI=1S/C43H45P3Si/c1-35(44(38-23-11-5-12-24-38)39-25-13-6-14-26-39)47(4,36(2)45(40-27-15-7-16-28-40)41-29-17-8-18-30-41)37(3)46(42-31-19-9-20-32-42)43-33-21-10-22-34-43/h5-37H,1-4H3. The van der Waals surface area contributed by atoms with Gasteiger partial charge in [0.1, 0.15) is 0 Å². The summed E-state index contributed by atoms with van der Waals surface area (Å²) in [6, 6.07) is 68.7. The molecule has 0 aromatic heterocycles. The van der Waals surface area contributed by atoms with Crippen LogP contribution in [0, 0.1) is 0 Å². The predicted octanol–water partition coefficient (Wildman–Crippen LogP) is 9.25. The highest BCUT2D eigenvalue weighted by molar-refractivity contribution is 7.82. The minimum Gasteiger partial charge on any atom is -0.0677 e. The van der Waals surface area contributed by atoms with Crippen molar-refractivity contribution in [3.63, 3.8) is 0 Å². The lowest BCUT2D eigenvalue weighted by Crippen LogP contribution is -2.62. The molecule has 3 atom stereocenters. The lowest BCUT2D eigenvalue weighted by Gasteiger charge is -2.51. The molecule has 0 radical (unpaired) electrons. The van der Waals surface area contributed by atoms with E-state index in [4.69, 9.17) is 0 Å². The second kappa shape index (κ2) is 15.8. The topological polar surface area (TPSA) is 0 Å². The van der Waals surface area contributed by atoms with Crippen LogP contribution in [0.15, 0.2) is 182 Å². The van der Waals surface area contributed by atoms with Gasteiger partial charge in [-0.1, -0.05) is 209 Å². The van der Waals surface area contributed by atoms with Crippen LogP contribution < -0.4 is 31.8 Å². The Morgan fingerprint density at radius 2 is 0.447 bits per heavy atom. The van der Waals surface area contributed by atoms with Crippen molar-refractivity contribution in [3.8, 4) is 0 Å². The Morgan fingerprint density at radius 1 is 0.298 bits per heavy atom. The summed E-state index contributed by atoms with van der Waals surface area (Å²) in [6.45, 7) is 10.8. The van der Waals surface area contributed by atoms with Gasteiger partial charge in [-0.2, -0.15) is 0 Å². The van der Waals surface area contributed by atoms with Gasteiger partial charge in [-0.25, -0.2) is 0 Å². The highest BCUT2D eigenvalue weighted by Crippen LogP contribution is 2.57. The molecule has 0 heterocycles. The fourth-order valence-corrected chi connectivity index (χ4v) is 30.3. The summed E-state index contributed by atoms with van der Waals surface area (Å²) in [4.78, 5) is 0. The highest BCUT2D eigenvalue weighted by Gasteiger charge is 2.52. The SMILES string of the molecule is CC(P(c1ccccc1)c1ccccc1)[Si](C)(C(C)P(c1ccccc1)c1ccccc1)C(C)P(c1ccccc1)c1ccccc1. The predicted molar refractivity (Wildman–Crippen MR) is 217 cm³/mol. The molecular formula is C43H45P3Si. The summed E-state index contributed by atoms with van der Waals surface area (Å²) < 4.78 is 0. The van der Waals surface area contributed by atoms with E-state index in [0.717, 1.165) is 0 Å². The number of hydrogen-bond acceptors (Lipinski definition) is 0. The summed E-state index contributed by atoms with van der Waals surface area (Å²) in [5.41, 5.74) is 0. The molecule has 0 saturated carbocycles. The molecule has 6 aromatic carbocycles. The van der Waals surface area contributed by atoms with Gasteiger partial charge >= 0.3 is 0 Å². The molecule has 0 bridgehead atoms. The molecule has 0 saturated heterocycles. The minimum atomic E-state index is -2.26. The van der Waals surface area contributed by atoms with Crippen LogP contribution in [0.5, 0.6) is 0 Å². The highest BCUT2D eigenvalue weighted by atomic mass is 31.1. The monoisotopic (exact) mass is 682 g/mol. The van der Waals surface area contributed by atoms with Gasteiger partial charge in [0.25, 0.3) is 0 Å². The molecule has 236 valence electrons. The molecule has 47 heavy (non-hydrogen) atoms. The first-order valence-electron chi connectivity index (χ1n) is 16.7. The van der Waals surface area contributed by atoms with Crippen molar-refractivity contribution >= 4 is 63.7 Å². The number of benzene rings is 6. The van der Waals surface area contributed by atoms with Gasteiger partial charge in [0.05, 0.1) is 8.07 Å². The summed E-state index contributed by atoms with van der Waals surface area (Å²) in [5.74, 6) is 0. The molecule has 0 fully saturated rings. The lowest BCUT2D eigenvalue weighted by atomic mass is 10.4. The van der Waals surface area contributed by atoms with Crippen molar-refractivity contribution < 1.29 is 0 Å². The van der Waals surface area contributed by atoms with E-state index in [0.29, 0.717) is 15.8 Å². The lowest BCUT2D eigenvalue weighted by molar-refractivity contribution is 1.08. The maximum atomic E-state index is 2.80. The molecular weight excluding hydrogens is 637 g/mol. The van der Waals surface area contributed by atoms with E-state index in [1.165, 1.54) is 31.8 Å². The van der Waals surface area contributed by atoms with Crippen LogP contribution in [0.4, 0.5) is 0 Å². The van der Waals surface area contributed by atoms with Gasteiger partial charge in [-0.15, -0.1) is 0 Å². The molecule has 0 amide bonds. The summed E-state index contributed by atoms with van der Waals surface area (Å²) in [7, 11) is -4.08.